The van der Waals surface area contributed by atoms with E-state index in [9.17, 15) is 13.2 Å². The van der Waals surface area contributed by atoms with Crippen molar-refractivity contribution < 1.29 is 23.4 Å². The number of hydrogen-bond acceptors (Lipinski definition) is 5. The molecule has 1 amide bonds. The first-order chi connectivity index (χ1) is 6.29. The molecule has 0 radical (unpaired) electrons. The summed E-state index contributed by atoms with van der Waals surface area (Å²) in [4.78, 5) is 12.4. The van der Waals surface area contributed by atoms with Crippen LogP contribution in [-0.2, 0) is 14.6 Å². The summed E-state index contributed by atoms with van der Waals surface area (Å²) >= 11 is 0. The zero-order valence-corrected chi connectivity index (χ0v) is 8.57. The van der Waals surface area contributed by atoms with E-state index < -0.39 is 33.7 Å². The van der Waals surface area contributed by atoms with Crippen LogP contribution < -0.4 is 0 Å². The molecular weight excluding hydrogens is 210 g/mol. The predicted octanol–water partition coefficient (Wildman–Crippen LogP) is -2.40. The third-order valence-electron chi connectivity index (χ3n) is 2.00. The second kappa shape index (κ2) is 3.84. The van der Waals surface area contributed by atoms with Crippen LogP contribution in [0.3, 0.4) is 0 Å². The molecule has 1 heterocycles. The third-order valence-corrected chi connectivity index (χ3v) is 2.77. The molecule has 6 nitrogen and oxygen atoms in total. The van der Waals surface area contributed by atoms with Crippen molar-refractivity contribution >= 4 is 15.7 Å². The van der Waals surface area contributed by atoms with Crippen LogP contribution in [0.4, 0.5) is 0 Å². The number of aliphatic hydroxyl groups is 2. The Balaban J connectivity index is 2.56. The Morgan fingerprint density at radius 1 is 1.36 bits per heavy atom. The topological polar surface area (TPSA) is 94.9 Å². The summed E-state index contributed by atoms with van der Waals surface area (Å²) in [6.45, 7) is -0.00889. The highest BCUT2D eigenvalue weighted by atomic mass is 32.2. The number of nitrogens with zero attached hydrogens (tertiary/aromatic N) is 1. The molecule has 0 aromatic rings. The lowest BCUT2D eigenvalue weighted by atomic mass is 10.3. The number of hydrogen-bond donors (Lipinski definition) is 2. The number of rotatable bonds is 2. The lowest BCUT2D eigenvalue weighted by molar-refractivity contribution is -0.127. The summed E-state index contributed by atoms with van der Waals surface area (Å²) in [5.74, 6) is -1.16. The Morgan fingerprint density at radius 2 is 1.79 bits per heavy atom. The van der Waals surface area contributed by atoms with Crippen LogP contribution in [0, 0.1) is 0 Å². The Bertz CT molecular complexity index is 315. The molecule has 1 rings (SSSR count). The molecule has 1 saturated heterocycles. The number of aliphatic hydroxyl groups excluding tert-OH is 2. The quantitative estimate of drug-likeness (QED) is 0.544. The fourth-order valence-corrected chi connectivity index (χ4v) is 1.92. The van der Waals surface area contributed by atoms with E-state index in [1.165, 1.54) is 0 Å². The van der Waals surface area contributed by atoms with E-state index in [2.05, 4.69) is 0 Å². The van der Waals surface area contributed by atoms with Gasteiger partial charge in [0.1, 0.15) is 5.75 Å². The van der Waals surface area contributed by atoms with Crippen molar-refractivity contribution in [3.05, 3.63) is 0 Å². The van der Waals surface area contributed by atoms with Gasteiger partial charge in [0, 0.05) is 19.3 Å². The number of amides is 1. The highest BCUT2D eigenvalue weighted by Crippen LogP contribution is 2.10. The Hall–Kier alpha value is -0.660. The van der Waals surface area contributed by atoms with E-state index in [0.717, 1.165) is 11.2 Å². The smallest absolute Gasteiger partial charge is 0.237 e. The Kier molecular flexibility index (Phi) is 3.13. The predicted molar refractivity (Wildman–Crippen MR) is 48.3 cm³/mol. The van der Waals surface area contributed by atoms with Gasteiger partial charge < -0.3 is 15.1 Å². The average molecular weight is 223 g/mol. The highest BCUT2D eigenvalue weighted by molar-refractivity contribution is 7.91. The molecule has 2 N–H and O–H groups in total. The van der Waals surface area contributed by atoms with Gasteiger partial charge in [-0.15, -0.1) is 0 Å². The minimum atomic E-state index is -3.35. The van der Waals surface area contributed by atoms with Crippen LogP contribution in [0.15, 0.2) is 0 Å². The van der Waals surface area contributed by atoms with Gasteiger partial charge in [-0.1, -0.05) is 0 Å². The first-order valence-corrected chi connectivity index (χ1v) is 6.17. The van der Waals surface area contributed by atoms with Crippen LogP contribution in [0.1, 0.15) is 0 Å². The van der Waals surface area contributed by atoms with E-state index in [1.807, 2.05) is 0 Å². The molecule has 0 aromatic heterocycles. The second-order valence-corrected chi connectivity index (χ2v) is 5.64. The molecule has 2 unspecified atom stereocenters. The second-order valence-electron chi connectivity index (χ2n) is 3.50. The van der Waals surface area contributed by atoms with Crippen LogP contribution >= 0.6 is 0 Å². The van der Waals surface area contributed by atoms with Crippen LogP contribution in [0.25, 0.3) is 0 Å². The zero-order valence-electron chi connectivity index (χ0n) is 7.75. The fourth-order valence-electron chi connectivity index (χ4n) is 1.29. The Labute approximate surface area is 82.1 Å². The van der Waals surface area contributed by atoms with Gasteiger partial charge in [0.15, 0.2) is 9.84 Å². The van der Waals surface area contributed by atoms with Gasteiger partial charge in [-0.25, -0.2) is 8.42 Å². The highest BCUT2D eigenvalue weighted by Gasteiger charge is 2.33. The van der Waals surface area contributed by atoms with Gasteiger partial charge in [0.05, 0.1) is 12.2 Å². The first-order valence-electron chi connectivity index (χ1n) is 4.11. The summed E-state index contributed by atoms with van der Waals surface area (Å²) in [6.07, 6.45) is -0.981. The van der Waals surface area contributed by atoms with E-state index in [1.54, 1.807) is 0 Å². The van der Waals surface area contributed by atoms with Crippen molar-refractivity contribution in [2.24, 2.45) is 0 Å². The Morgan fingerprint density at radius 3 is 2.14 bits per heavy atom. The molecule has 0 spiro atoms. The normalized spacial score (nSPS) is 28.1. The van der Waals surface area contributed by atoms with Crippen molar-refractivity contribution in [3.63, 3.8) is 0 Å². The minimum Gasteiger partial charge on any atom is -0.388 e. The van der Waals surface area contributed by atoms with Crippen molar-refractivity contribution in [1.29, 1.82) is 0 Å². The van der Waals surface area contributed by atoms with Gasteiger partial charge in [0.2, 0.25) is 5.91 Å². The summed E-state index contributed by atoms with van der Waals surface area (Å²) < 4.78 is 21.6. The van der Waals surface area contributed by atoms with Crippen molar-refractivity contribution in [2.45, 2.75) is 12.2 Å². The van der Waals surface area contributed by atoms with Crippen molar-refractivity contribution in [3.8, 4) is 0 Å². The van der Waals surface area contributed by atoms with Gasteiger partial charge >= 0.3 is 0 Å². The molecule has 14 heavy (non-hydrogen) atoms. The van der Waals surface area contributed by atoms with E-state index >= 15 is 0 Å². The molecular formula is C7H13NO5S. The van der Waals surface area contributed by atoms with Crippen LogP contribution in [0.5, 0.6) is 0 Å². The van der Waals surface area contributed by atoms with Gasteiger partial charge in [-0.05, 0) is 0 Å². The summed E-state index contributed by atoms with van der Waals surface area (Å²) in [7, 11) is -3.35. The maximum Gasteiger partial charge on any atom is 0.237 e. The first kappa shape index (κ1) is 11.4. The van der Waals surface area contributed by atoms with Crippen LogP contribution in [-0.4, -0.2) is 66.7 Å². The number of carbonyl (C=O) groups excluding carboxylic acids is 1. The minimum absolute atomic E-state index is 0.00444. The molecule has 1 aliphatic rings. The average Bonchev–Trinajstić information content (AvgIpc) is 2.28. The molecule has 0 aliphatic carbocycles. The fraction of sp³-hybridized carbons (Fsp3) is 0.857. The van der Waals surface area contributed by atoms with Gasteiger partial charge in [-0.3, -0.25) is 4.79 Å². The summed E-state index contributed by atoms with van der Waals surface area (Å²) in [5.41, 5.74) is 0. The molecule has 1 aliphatic heterocycles. The maximum absolute atomic E-state index is 11.3. The molecule has 0 saturated carbocycles. The lowest BCUT2D eigenvalue weighted by Gasteiger charge is -2.14. The monoisotopic (exact) mass is 223 g/mol. The van der Waals surface area contributed by atoms with Gasteiger partial charge in [0.25, 0.3) is 0 Å². The molecule has 0 aromatic carbocycles. The number of carbonyl (C=O) groups is 1. The van der Waals surface area contributed by atoms with E-state index in [-0.39, 0.29) is 13.1 Å². The molecule has 0 bridgehead atoms. The maximum atomic E-state index is 11.3. The summed E-state index contributed by atoms with van der Waals surface area (Å²) in [5, 5.41) is 18.2. The van der Waals surface area contributed by atoms with Gasteiger partial charge in [-0.2, -0.15) is 0 Å². The van der Waals surface area contributed by atoms with Crippen molar-refractivity contribution in [1.82, 2.24) is 4.90 Å². The molecule has 1 fully saturated rings. The van der Waals surface area contributed by atoms with E-state index in [4.69, 9.17) is 10.2 Å². The molecule has 2 atom stereocenters. The number of likely N-dealkylation sites (tertiary alicyclic amines) is 1. The SMILES string of the molecule is CS(=O)(=O)CC(=O)N1CC(O)C(O)C1. The molecule has 82 valence electrons. The van der Waals surface area contributed by atoms with E-state index in [0.29, 0.717) is 0 Å². The number of β-amino-alcohol motifs (C(OH)–C–C–N with tert-alkyl or cyclic N) is 2. The largest absolute Gasteiger partial charge is 0.388 e. The number of sulfone groups is 1. The lowest BCUT2D eigenvalue weighted by Crippen LogP contribution is -2.34. The van der Waals surface area contributed by atoms with Crippen molar-refractivity contribution in [2.75, 3.05) is 25.1 Å². The molecule has 7 heteroatoms. The zero-order chi connectivity index (χ0) is 10.9. The standard InChI is InChI=1S/C7H13NO5S/c1-14(12,13)4-7(11)8-2-5(9)6(10)3-8/h5-6,9-10H,2-4H2,1H3. The summed E-state index contributed by atoms with van der Waals surface area (Å²) in [6, 6.07) is 0. The van der Waals surface area contributed by atoms with Crippen LogP contribution in [0.2, 0.25) is 0 Å². The third kappa shape index (κ3) is 2.93.